The molecule has 7 heteroatoms. The predicted octanol–water partition coefficient (Wildman–Crippen LogP) is 3.79. The maximum absolute atomic E-state index is 12.8. The van der Waals surface area contributed by atoms with E-state index in [-0.39, 0.29) is 16.8 Å². The average molecular weight is 437 g/mol. The smallest absolute Gasteiger partial charge is 0.241 e. The first-order valence-corrected chi connectivity index (χ1v) is 10.7. The molecule has 1 amide bonds. The van der Waals surface area contributed by atoms with Crippen LogP contribution < -0.4 is 9.62 Å². The molecule has 1 atom stereocenters. The highest BCUT2D eigenvalue weighted by Gasteiger charge is 2.24. The van der Waals surface area contributed by atoms with Gasteiger partial charge in [-0.3, -0.25) is 4.79 Å². The normalized spacial score (nSPS) is 15.4. The third-order valence-corrected chi connectivity index (χ3v) is 6.82. The zero-order valence-electron chi connectivity index (χ0n) is 14.7. The van der Waals surface area contributed by atoms with E-state index in [4.69, 9.17) is 0 Å². The van der Waals surface area contributed by atoms with E-state index in [1.165, 1.54) is 6.92 Å². The topological polar surface area (TPSA) is 66.5 Å². The molecule has 0 spiro atoms. The maximum atomic E-state index is 12.8. The molecule has 1 N–H and O–H groups in total. The average Bonchev–Trinajstić information content (AvgIpc) is 2.60. The minimum absolute atomic E-state index is 0.0257. The Balaban J connectivity index is 1.88. The number of rotatable bonds is 4. The number of aryl methyl sites for hydroxylation is 1. The second-order valence-electron chi connectivity index (χ2n) is 6.43. The van der Waals surface area contributed by atoms with Gasteiger partial charge in [-0.05, 0) is 55.2 Å². The number of benzene rings is 2. The highest BCUT2D eigenvalue weighted by molar-refractivity contribution is 9.10. The molecule has 2 aromatic rings. The zero-order chi connectivity index (χ0) is 18.9. The fourth-order valence-electron chi connectivity index (χ4n) is 3.26. The summed E-state index contributed by atoms with van der Waals surface area (Å²) >= 11 is 3.46. The lowest BCUT2D eigenvalue weighted by atomic mass is 10.0. The molecule has 0 saturated heterocycles. The Morgan fingerprint density at radius 1 is 1.23 bits per heavy atom. The lowest BCUT2D eigenvalue weighted by Crippen LogP contribution is -2.34. The van der Waals surface area contributed by atoms with Crippen molar-refractivity contribution in [1.82, 2.24) is 4.72 Å². The van der Waals surface area contributed by atoms with Crippen molar-refractivity contribution in [1.29, 1.82) is 0 Å². The molecule has 26 heavy (non-hydrogen) atoms. The number of nitrogens with one attached hydrogen (secondary N) is 1. The van der Waals surface area contributed by atoms with E-state index in [9.17, 15) is 13.2 Å². The first-order chi connectivity index (χ1) is 12.3. The molecule has 2 aromatic carbocycles. The number of carbonyl (C=O) groups excluding carboxylic acids is 1. The van der Waals surface area contributed by atoms with Crippen LogP contribution in [-0.4, -0.2) is 20.9 Å². The first-order valence-electron chi connectivity index (χ1n) is 8.47. The van der Waals surface area contributed by atoms with Gasteiger partial charge in [0, 0.05) is 29.7 Å². The number of fused-ring (bicyclic) bond motifs is 1. The van der Waals surface area contributed by atoms with Crippen molar-refractivity contribution in [2.45, 2.75) is 37.6 Å². The van der Waals surface area contributed by atoms with E-state index in [1.54, 1.807) is 23.1 Å². The zero-order valence-corrected chi connectivity index (χ0v) is 17.1. The Kier molecular flexibility index (Phi) is 5.50. The molecule has 5 nitrogen and oxygen atoms in total. The largest absolute Gasteiger partial charge is 0.312 e. The quantitative estimate of drug-likeness (QED) is 0.792. The van der Waals surface area contributed by atoms with Crippen LogP contribution in [-0.2, 0) is 21.2 Å². The SMILES string of the molecule is CC(=O)N1CCCc2cc(S(=O)(=O)N[C@H](C)c3ccccc3Br)ccc21. The Morgan fingerprint density at radius 3 is 2.65 bits per heavy atom. The minimum atomic E-state index is -3.67. The molecular formula is C19H21BrN2O3S. The molecular weight excluding hydrogens is 416 g/mol. The van der Waals surface area contributed by atoms with Gasteiger partial charge in [0.05, 0.1) is 4.90 Å². The Labute approximate surface area is 162 Å². The van der Waals surface area contributed by atoms with Crippen LogP contribution in [0.5, 0.6) is 0 Å². The van der Waals surface area contributed by atoms with Crippen molar-refractivity contribution in [2.75, 3.05) is 11.4 Å². The minimum Gasteiger partial charge on any atom is -0.312 e. The predicted molar refractivity (Wildman–Crippen MR) is 106 cm³/mol. The highest BCUT2D eigenvalue weighted by atomic mass is 79.9. The van der Waals surface area contributed by atoms with E-state index in [2.05, 4.69) is 20.7 Å². The van der Waals surface area contributed by atoms with Crippen molar-refractivity contribution in [3.63, 3.8) is 0 Å². The summed E-state index contributed by atoms with van der Waals surface area (Å²) in [7, 11) is -3.67. The van der Waals surface area contributed by atoms with E-state index in [1.807, 2.05) is 31.2 Å². The third kappa shape index (κ3) is 3.84. The Hall–Kier alpha value is -1.70. The van der Waals surface area contributed by atoms with Crippen LogP contribution in [0.2, 0.25) is 0 Å². The van der Waals surface area contributed by atoms with Crippen molar-refractivity contribution in [2.24, 2.45) is 0 Å². The van der Waals surface area contributed by atoms with Crippen LogP contribution in [0, 0.1) is 0 Å². The van der Waals surface area contributed by atoms with Crippen LogP contribution in [0.15, 0.2) is 51.8 Å². The molecule has 1 aliphatic rings. The third-order valence-electron chi connectivity index (χ3n) is 4.56. The van der Waals surface area contributed by atoms with Crippen molar-refractivity contribution in [3.05, 3.63) is 58.1 Å². The van der Waals surface area contributed by atoms with Crippen molar-refractivity contribution >= 4 is 37.5 Å². The molecule has 0 fully saturated rings. The lowest BCUT2D eigenvalue weighted by molar-refractivity contribution is -0.116. The van der Waals surface area contributed by atoms with Crippen LogP contribution in [0.1, 0.15) is 37.4 Å². The van der Waals surface area contributed by atoms with Gasteiger partial charge >= 0.3 is 0 Å². The second-order valence-corrected chi connectivity index (χ2v) is 9.00. The number of anilines is 1. The van der Waals surface area contributed by atoms with Crippen LogP contribution >= 0.6 is 15.9 Å². The molecule has 1 heterocycles. The highest BCUT2D eigenvalue weighted by Crippen LogP contribution is 2.30. The number of halogens is 1. The van der Waals surface area contributed by atoms with Crippen molar-refractivity contribution < 1.29 is 13.2 Å². The summed E-state index contributed by atoms with van der Waals surface area (Å²) in [5.74, 6) is -0.0257. The molecule has 0 unspecified atom stereocenters. The number of carbonyl (C=O) groups is 1. The van der Waals surface area contributed by atoms with E-state index in [0.29, 0.717) is 6.54 Å². The summed E-state index contributed by atoms with van der Waals surface area (Å²) < 4.78 is 29.2. The molecule has 0 saturated carbocycles. The fraction of sp³-hybridized carbons (Fsp3) is 0.316. The number of amides is 1. The number of hydrogen-bond acceptors (Lipinski definition) is 3. The Bertz CT molecular complexity index is 944. The summed E-state index contributed by atoms with van der Waals surface area (Å²) in [5.41, 5.74) is 2.57. The van der Waals surface area contributed by atoms with E-state index in [0.717, 1.165) is 34.1 Å². The fourth-order valence-corrected chi connectivity index (χ4v) is 5.16. The number of sulfonamides is 1. The van der Waals surface area contributed by atoms with Crippen LogP contribution in [0.3, 0.4) is 0 Å². The van der Waals surface area contributed by atoms with E-state index >= 15 is 0 Å². The summed E-state index contributed by atoms with van der Waals surface area (Å²) in [4.78, 5) is 13.7. The van der Waals surface area contributed by atoms with Gasteiger partial charge in [-0.1, -0.05) is 34.1 Å². The molecule has 0 bridgehead atoms. The van der Waals surface area contributed by atoms with Crippen molar-refractivity contribution in [3.8, 4) is 0 Å². The van der Waals surface area contributed by atoms with Gasteiger partial charge in [-0.2, -0.15) is 0 Å². The standard InChI is InChI=1S/C19H21BrN2O3S/c1-13(17-7-3-4-8-18(17)20)21-26(24,25)16-9-10-19-15(12-16)6-5-11-22(19)14(2)23/h3-4,7-10,12-13,21H,5-6,11H2,1-2H3/t13-/m1/s1. The summed E-state index contributed by atoms with van der Waals surface area (Å²) in [6, 6.07) is 12.1. The van der Waals surface area contributed by atoms with Crippen LogP contribution in [0.25, 0.3) is 0 Å². The molecule has 0 aromatic heterocycles. The molecule has 0 radical (unpaired) electrons. The van der Waals surface area contributed by atoms with Gasteiger partial charge in [0.15, 0.2) is 0 Å². The monoisotopic (exact) mass is 436 g/mol. The van der Waals surface area contributed by atoms with E-state index < -0.39 is 10.0 Å². The maximum Gasteiger partial charge on any atom is 0.241 e. The second kappa shape index (κ2) is 7.50. The molecule has 1 aliphatic heterocycles. The van der Waals surface area contributed by atoms with Gasteiger partial charge in [0.2, 0.25) is 15.9 Å². The molecule has 138 valence electrons. The Morgan fingerprint density at radius 2 is 1.96 bits per heavy atom. The number of hydrogen-bond donors (Lipinski definition) is 1. The van der Waals surface area contributed by atoms with Gasteiger partial charge < -0.3 is 4.90 Å². The molecule has 3 rings (SSSR count). The number of nitrogens with zero attached hydrogens (tertiary/aromatic N) is 1. The van der Waals surface area contributed by atoms with Gasteiger partial charge in [-0.15, -0.1) is 0 Å². The van der Waals surface area contributed by atoms with Gasteiger partial charge in [0.25, 0.3) is 0 Å². The van der Waals surface area contributed by atoms with Crippen LogP contribution in [0.4, 0.5) is 5.69 Å². The van der Waals surface area contributed by atoms with Gasteiger partial charge in [0.1, 0.15) is 0 Å². The first kappa shape index (κ1) is 19.1. The molecule has 0 aliphatic carbocycles. The van der Waals surface area contributed by atoms with Gasteiger partial charge in [-0.25, -0.2) is 13.1 Å². The lowest BCUT2D eigenvalue weighted by Gasteiger charge is -2.29. The summed E-state index contributed by atoms with van der Waals surface area (Å²) in [6.45, 7) is 4.01. The summed E-state index contributed by atoms with van der Waals surface area (Å²) in [5, 5.41) is 0. The summed E-state index contributed by atoms with van der Waals surface area (Å²) in [6.07, 6.45) is 1.60.